The fraction of sp³-hybridized carbons (Fsp3) is 0.500. The highest BCUT2D eigenvalue weighted by Crippen LogP contribution is 2.27. The lowest BCUT2D eigenvalue weighted by Gasteiger charge is -2.31. The first-order valence-corrected chi connectivity index (χ1v) is 7.40. The van der Waals surface area contributed by atoms with Gasteiger partial charge in [0, 0.05) is 25.4 Å². The van der Waals surface area contributed by atoms with Crippen molar-refractivity contribution >= 4 is 16.8 Å². The highest BCUT2D eigenvalue weighted by molar-refractivity contribution is 5.79. The summed E-state index contributed by atoms with van der Waals surface area (Å²) in [7, 11) is 0. The predicted octanol–water partition coefficient (Wildman–Crippen LogP) is 2.78. The van der Waals surface area contributed by atoms with E-state index in [2.05, 4.69) is 34.9 Å². The maximum absolute atomic E-state index is 11.4. The summed E-state index contributed by atoms with van der Waals surface area (Å²) < 4.78 is 2.16. The molecule has 0 N–H and O–H groups in total. The molecule has 0 bridgehead atoms. The van der Waals surface area contributed by atoms with Crippen molar-refractivity contribution in [2.45, 2.75) is 39.2 Å². The zero-order chi connectivity index (χ0) is 14.1. The average molecular weight is 271 g/mol. The van der Waals surface area contributed by atoms with Gasteiger partial charge in [0.05, 0.1) is 17.8 Å². The zero-order valence-corrected chi connectivity index (χ0v) is 12.2. The third-order valence-electron chi connectivity index (χ3n) is 4.33. The van der Waals surface area contributed by atoms with Gasteiger partial charge in [-0.1, -0.05) is 19.1 Å². The Morgan fingerprint density at radius 1 is 1.35 bits per heavy atom. The Balaban J connectivity index is 1.86. The molecule has 1 aromatic carbocycles. The fourth-order valence-corrected chi connectivity index (χ4v) is 3.02. The van der Waals surface area contributed by atoms with Gasteiger partial charge in [0.15, 0.2) is 0 Å². The molecular weight excluding hydrogens is 250 g/mol. The number of rotatable bonds is 2. The number of hydrogen-bond donors (Lipinski definition) is 0. The van der Waals surface area contributed by atoms with E-state index in [-0.39, 0.29) is 5.91 Å². The minimum absolute atomic E-state index is 0.182. The number of amides is 1. The van der Waals surface area contributed by atoms with Crippen LogP contribution in [0.2, 0.25) is 0 Å². The summed E-state index contributed by atoms with van der Waals surface area (Å²) in [5, 5.41) is 5.78. The maximum atomic E-state index is 11.4. The molecule has 0 atom stereocenters. The van der Waals surface area contributed by atoms with Crippen LogP contribution in [0, 0.1) is 0 Å². The van der Waals surface area contributed by atoms with Gasteiger partial charge in [0.2, 0.25) is 5.91 Å². The van der Waals surface area contributed by atoms with Crippen LogP contribution in [0.1, 0.15) is 38.3 Å². The minimum atomic E-state index is 0.182. The number of carbonyl (C=O) groups is 1. The molecule has 106 valence electrons. The van der Waals surface area contributed by atoms with Crippen molar-refractivity contribution in [2.75, 3.05) is 13.1 Å². The van der Waals surface area contributed by atoms with E-state index in [1.54, 1.807) is 6.92 Å². The van der Waals surface area contributed by atoms with E-state index in [9.17, 15) is 4.79 Å². The van der Waals surface area contributed by atoms with Crippen molar-refractivity contribution < 1.29 is 4.79 Å². The first kappa shape index (κ1) is 13.2. The van der Waals surface area contributed by atoms with E-state index in [1.165, 1.54) is 16.5 Å². The Hall–Kier alpha value is -1.84. The van der Waals surface area contributed by atoms with Crippen molar-refractivity contribution in [2.24, 2.45) is 0 Å². The largest absolute Gasteiger partial charge is 0.343 e. The Bertz CT molecular complexity index is 624. The van der Waals surface area contributed by atoms with Crippen LogP contribution in [0.3, 0.4) is 0 Å². The second-order valence-electron chi connectivity index (χ2n) is 5.57. The normalized spacial score (nSPS) is 16.8. The Morgan fingerprint density at radius 2 is 2.10 bits per heavy atom. The Labute approximate surface area is 119 Å². The molecule has 0 unspecified atom stereocenters. The van der Waals surface area contributed by atoms with E-state index >= 15 is 0 Å². The van der Waals surface area contributed by atoms with Crippen molar-refractivity contribution in [3.05, 3.63) is 30.0 Å². The van der Waals surface area contributed by atoms with Crippen molar-refractivity contribution in [3.8, 4) is 0 Å². The molecule has 0 spiro atoms. The standard InChI is InChI=1S/C16H21N3O/c1-3-13-4-5-14-11-17-19(16(14)10-13)15-6-8-18(9-7-15)12(2)20/h4-5,10-11,15H,3,6-9H2,1-2H3. The van der Waals surface area contributed by atoms with Gasteiger partial charge in [-0.15, -0.1) is 0 Å². The molecule has 0 radical (unpaired) electrons. The molecular formula is C16H21N3O. The van der Waals surface area contributed by atoms with Gasteiger partial charge < -0.3 is 4.90 Å². The summed E-state index contributed by atoms with van der Waals surface area (Å²) in [5.74, 6) is 0.182. The third-order valence-corrected chi connectivity index (χ3v) is 4.33. The predicted molar refractivity (Wildman–Crippen MR) is 79.6 cm³/mol. The van der Waals surface area contributed by atoms with E-state index in [1.807, 2.05) is 11.1 Å². The van der Waals surface area contributed by atoms with Crippen LogP contribution in [0.4, 0.5) is 0 Å². The topological polar surface area (TPSA) is 38.1 Å². The van der Waals surface area contributed by atoms with Crippen LogP contribution in [-0.4, -0.2) is 33.7 Å². The molecule has 0 saturated carbocycles. The number of likely N-dealkylation sites (tertiary alicyclic amines) is 1. The van der Waals surface area contributed by atoms with Crippen LogP contribution in [0.25, 0.3) is 10.9 Å². The van der Waals surface area contributed by atoms with Gasteiger partial charge in [-0.05, 0) is 30.9 Å². The number of aryl methyl sites for hydroxylation is 1. The number of nitrogens with zero attached hydrogens (tertiary/aromatic N) is 3. The van der Waals surface area contributed by atoms with Crippen LogP contribution >= 0.6 is 0 Å². The summed E-state index contributed by atoms with van der Waals surface area (Å²) >= 11 is 0. The van der Waals surface area contributed by atoms with E-state index < -0.39 is 0 Å². The summed E-state index contributed by atoms with van der Waals surface area (Å²) in [6, 6.07) is 6.99. The molecule has 1 aliphatic rings. The van der Waals surface area contributed by atoms with E-state index in [0.29, 0.717) is 6.04 Å². The first-order chi connectivity index (χ1) is 9.69. The molecule has 1 saturated heterocycles. The summed E-state index contributed by atoms with van der Waals surface area (Å²) in [5.41, 5.74) is 2.58. The van der Waals surface area contributed by atoms with Gasteiger partial charge in [-0.3, -0.25) is 9.48 Å². The zero-order valence-electron chi connectivity index (χ0n) is 12.2. The maximum Gasteiger partial charge on any atom is 0.219 e. The molecule has 20 heavy (non-hydrogen) atoms. The summed E-state index contributed by atoms with van der Waals surface area (Å²) in [4.78, 5) is 13.3. The molecule has 3 rings (SSSR count). The van der Waals surface area contributed by atoms with Crippen LogP contribution in [0.5, 0.6) is 0 Å². The highest BCUT2D eigenvalue weighted by Gasteiger charge is 2.23. The molecule has 4 heteroatoms. The Morgan fingerprint density at radius 3 is 2.75 bits per heavy atom. The lowest BCUT2D eigenvalue weighted by Crippen LogP contribution is -2.37. The summed E-state index contributed by atoms with van der Waals surface area (Å²) in [6.45, 7) is 5.51. The monoisotopic (exact) mass is 271 g/mol. The minimum Gasteiger partial charge on any atom is -0.343 e. The lowest BCUT2D eigenvalue weighted by atomic mass is 10.0. The fourth-order valence-electron chi connectivity index (χ4n) is 3.02. The number of benzene rings is 1. The van der Waals surface area contributed by atoms with Gasteiger partial charge in [0.1, 0.15) is 0 Å². The van der Waals surface area contributed by atoms with Gasteiger partial charge in [0.25, 0.3) is 0 Å². The molecule has 1 aromatic heterocycles. The van der Waals surface area contributed by atoms with Crippen molar-refractivity contribution in [1.82, 2.24) is 14.7 Å². The Kier molecular flexibility index (Phi) is 3.47. The van der Waals surface area contributed by atoms with Gasteiger partial charge in [-0.25, -0.2) is 0 Å². The van der Waals surface area contributed by atoms with Crippen molar-refractivity contribution in [1.29, 1.82) is 0 Å². The second-order valence-corrected chi connectivity index (χ2v) is 5.57. The van der Waals surface area contributed by atoms with E-state index in [4.69, 9.17) is 0 Å². The number of hydrogen-bond acceptors (Lipinski definition) is 2. The quantitative estimate of drug-likeness (QED) is 0.842. The molecule has 1 amide bonds. The molecule has 4 nitrogen and oxygen atoms in total. The number of aromatic nitrogens is 2. The van der Waals surface area contributed by atoms with Gasteiger partial charge in [-0.2, -0.15) is 5.10 Å². The summed E-state index contributed by atoms with van der Waals surface area (Å²) in [6.07, 6.45) is 4.98. The van der Waals surface area contributed by atoms with E-state index in [0.717, 1.165) is 32.4 Å². The second kappa shape index (κ2) is 5.27. The highest BCUT2D eigenvalue weighted by atomic mass is 16.2. The molecule has 2 aromatic rings. The van der Waals surface area contributed by atoms with Crippen LogP contribution in [0.15, 0.2) is 24.4 Å². The average Bonchev–Trinajstić information content (AvgIpc) is 2.90. The number of fused-ring (bicyclic) bond motifs is 1. The SMILES string of the molecule is CCc1ccc2cnn(C3CCN(C(C)=O)CC3)c2c1. The first-order valence-electron chi connectivity index (χ1n) is 7.40. The smallest absolute Gasteiger partial charge is 0.219 e. The molecule has 0 aliphatic carbocycles. The molecule has 1 aliphatic heterocycles. The van der Waals surface area contributed by atoms with Crippen LogP contribution < -0.4 is 0 Å². The van der Waals surface area contributed by atoms with Crippen LogP contribution in [-0.2, 0) is 11.2 Å². The third kappa shape index (κ3) is 2.30. The number of piperidine rings is 1. The molecule has 1 fully saturated rings. The lowest BCUT2D eigenvalue weighted by molar-refractivity contribution is -0.130. The molecule has 2 heterocycles. The number of carbonyl (C=O) groups excluding carboxylic acids is 1. The van der Waals surface area contributed by atoms with Gasteiger partial charge >= 0.3 is 0 Å². The van der Waals surface area contributed by atoms with Crippen molar-refractivity contribution in [3.63, 3.8) is 0 Å².